The molecule has 3 nitrogen and oxygen atoms in total. The smallest absolute Gasteiger partial charge is 0.337 e. The van der Waals surface area contributed by atoms with Gasteiger partial charge < -0.3 is 9.47 Å². The van der Waals surface area contributed by atoms with Crippen LogP contribution in [0.15, 0.2) is 66.2 Å². The van der Waals surface area contributed by atoms with E-state index in [-0.39, 0.29) is 6.61 Å². The number of benzene rings is 3. The minimum absolute atomic E-state index is 0.0595. The van der Waals surface area contributed by atoms with Gasteiger partial charge in [-0.2, -0.15) is 0 Å². The molecule has 0 atom stereocenters. The summed E-state index contributed by atoms with van der Waals surface area (Å²) in [5.74, 6) is 0.192. The van der Waals surface area contributed by atoms with Gasteiger partial charge in [0.2, 0.25) is 0 Å². The first-order valence-electron chi connectivity index (χ1n) is 7.92. The van der Waals surface area contributed by atoms with Crippen LogP contribution in [0.4, 0.5) is 0 Å². The lowest BCUT2D eigenvalue weighted by Crippen LogP contribution is -2.12. The van der Waals surface area contributed by atoms with E-state index in [1.54, 1.807) is 24.3 Å². The molecule has 0 radical (unpaired) electrons. The van der Waals surface area contributed by atoms with Gasteiger partial charge in [-0.15, -0.1) is 0 Å². The molecule has 0 aromatic heterocycles. The van der Waals surface area contributed by atoms with E-state index in [2.05, 4.69) is 0 Å². The van der Waals surface area contributed by atoms with Crippen molar-refractivity contribution in [1.82, 2.24) is 0 Å². The van der Waals surface area contributed by atoms with Crippen molar-refractivity contribution in [2.45, 2.75) is 0 Å². The number of hydrogen-bond donors (Lipinski definition) is 0. The van der Waals surface area contributed by atoms with Gasteiger partial charge in [-0.1, -0.05) is 59.6 Å². The van der Waals surface area contributed by atoms with Gasteiger partial charge in [-0.25, -0.2) is 4.79 Å². The van der Waals surface area contributed by atoms with Crippen LogP contribution in [0.1, 0.15) is 5.56 Å². The quantitative estimate of drug-likeness (QED) is 0.411. The molecule has 0 fully saturated rings. The molecule has 0 aliphatic heterocycles. The van der Waals surface area contributed by atoms with Crippen LogP contribution in [0.2, 0.25) is 10.0 Å². The third-order valence-electron chi connectivity index (χ3n) is 3.86. The number of hydrogen-bond acceptors (Lipinski definition) is 3. The lowest BCUT2D eigenvalue weighted by molar-refractivity contribution is -0.136. The average Bonchev–Trinajstić information content (AvgIpc) is 2.66. The second-order valence-electron chi connectivity index (χ2n) is 5.62. The molecule has 3 rings (SSSR count). The summed E-state index contributed by atoms with van der Waals surface area (Å²) in [4.78, 5) is 12.1. The highest BCUT2D eigenvalue weighted by Gasteiger charge is 2.12. The maximum Gasteiger partial charge on any atom is 0.337 e. The second kappa shape index (κ2) is 8.26. The summed E-state index contributed by atoms with van der Waals surface area (Å²) in [6, 6.07) is 18.8. The molecule has 0 aliphatic rings. The van der Waals surface area contributed by atoms with Crippen molar-refractivity contribution in [1.29, 1.82) is 0 Å². The molecular formula is C21H16Cl2O3. The van der Waals surface area contributed by atoms with Crippen molar-refractivity contribution in [3.8, 4) is 5.75 Å². The topological polar surface area (TPSA) is 35.5 Å². The molecule has 0 heterocycles. The van der Waals surface area contributed by atoms with Gasteiger partial charge >= 0.3 is 5.97 Å². The molecule has 0 N–H and O–H groups in total. The minimum atomic E-state index is -0.475. The summed E-state index contributed by atoms with van der Waals surface area (Å²) in [5, 5.41) is 3.16. The number of halogens is 2. The fraction of sp³-hybridized carbons (Fsp3) is 0.0952. The molecule has 26 heavy (non-hydrogen) atoms. The van der Waals surface area contributed by atoms with E-state index in [1.807, 2.05) is 42.5 Å². The summed E-state index contributed by atoms with van der Waals surface area (Å²) < 4.78 is 10.6. The molecule has 3 aromatic carbocycles. The lowest BCUT2D eigenvalue weighted by atomic mass is 10.1. The van der Waals surface area contributed by atoms with E-state index in [1.165, 1.54) is 7.11 Å². The zero-order valence-corrected chi connectivity index (χ0v) is 15.6. The number of carbonyl (C=O) groups is 1. The standard InChI is InChI=1S/C21H16Cl2O3/c1-25-21(24)17(10-16-6-8-18(22)12-20(16)23)13-26-19-9-7-14-4-2-3-5-15(14)11-19/h2-12H,13H2,1H3/b17-10+. The Morgan fingerprint density at radius 1 is 1.00 bits per heavy atom. The maximum atomic E-state index is 12.1. The molecule has 0 spiro atoms. The predicted molar refractivity (Wildman–Crippen MR) is 106 cm³/mol. The molecule has 0 bridgehead atoms. The van der Waals surface area contributed by atoms with Gasteiger partial charge in [-0.3, -0.25) is 0 Å². The molecule has 0 saturated carbocycles. The highest BCUT2D eigenvalue weighted by molar-refractivity contribution is 6.35. The van der Waals surface area contributed by atoms with Crippen LogP contribution in [-0.4, -0.2) is 19.7 Å². The summed E-state index contributed by atoms with van der Waals surface area (Å²) >= 11 is 12.1. The Morgan fingerprint density at radius 2 is 1.77 bits per heavy atom. The van der Waals surface area contributed by atoms with Gasteiger partial charge in [-0.05, 0) is 46.7 Å². The molecule has 5 heteroatoms. The first kappa shape index (κ1) is 18.3. The molecule has 0 amide bonds. The van der Waals surface area contributed by atoms with Gasteiger partial charge in [0, 0.05) is 10.0 Å². The van der Waals surface area contributed by atoms with Crippen LogP contribution >= 0.6 is 23.2 Å². The van der Waals surface area contributed by atoms with E-state index in [0.717, 1.165) is 10.8 Å². The number of carbonyl (C=O) groups excluding carboxylic acids is 1. The summed E-state index contributed by atoms with van der Waals surface area (Å²) in [6.07, 6.45) is 1.64. The van der Waals surface area contributed by atoms with E-state index in [0.29, 0.717) is 26.9 Å². The van der Waals surface area contributed by atoms with Gasteiger partial charge in [0.15, 0.2) is 0 Å². The zero-order valence-electron chi connectivity index (χ0n) is 14.0. The van der Waals surface area contributed by atoms with Crippen LogP contribution in [0.5, 0.6) is 5.75 Å². The maximum absolute atomic E-state index is 12.1. The van der Waals surface area contributed by atoms with E-state index in [9.17, 15) is 4.79 Å². The first-order chi connectivity index (χ1) is 12.6. The Hall–Kier alpha value is -2.49. The van der Waals surface area contributed by atoms with Crippen LogP contribution in [0, 0.1) is 0 Å². The largest absolute Gasteiger partial charge is 0.489 e. The zero-order chi connectivity index (χ0) is 18.5. The minimum Gasteiger partial charge on any atom is -0.489 e. The van der Waals surface area contributed by atoms with Crippen molar-refractivity contribution in [3.05, 3.63) is 81.8 Å². The van der Waals surface area contributed by atoms with E-state index in [4.69, 9.17) is 32.7 Å². The highest BCUT2D eigenvalue weighted by atomic mass is 35.5. The third kappa shape index (κ3) is 4.37. The number of rotatable bonds is 5. The Kier molecular flexibility index (Phi) is 5.82. The van der Waals surface area contributed by atoms with E-state index < -0.39 is 5.97 Å². The SMILES string of the molecule is COC(=O)/C(=C/c1ccc(Cl)cc1Cl)COc1ccc2ccccc2c1. The van der Waals surface area contributed by atoms with Crippen molar-refractivity contribution in [2.24, 2.45) is 0 Å². The van der Waals surface area contributed by atoms with Crippen LogP contribution < -0.4 is 4.74 Å². The second-order valence-corrected chi connectivity index (χ2v) is 6.47. The van der Waals surface area contributed by atoms with Crippen molar-refractivity contribution in [2.75, 3.05) is 13.7 Å². The summed E-state index contributed by atoms with van der Waals surface area (Å²) in [7, 11) is 1.33. The monoisotopic (exact) mass is 386 g/mol. The Bertz CT molecular complexity index is 980. The van der Waals surface area contributed by atoms with Crippen molar-refractivity contribution in [3.63, 3.8) is 0 Å². The van der Waals surface area contributed by atoms with Gasteiger partial charge in [0.05, 0.1) is 12.7 Å². The van der Waals surface area contributed by atoms with Crippen LogP contribution in [-0.2, 0) is 9.53 Å². The lowest BCUT2D eigenvalue weighted by Gasteiger charge is -2.10. The molecular weight excluding hydrogens is 371 g/mol. The van der Waals surface area contributed by atoms with Gasteiger partial charge in [0.1, 0.15) is 12.4 Å². The summed E-state index contributed by atoms with van der Waals surface area (Å²) in [5.41, 5.74) is 1.02. The fourth-order valence-electron chi connectivity index (χ4n) is 2.52. The van der Waals surface area contributed by atoms with Crippen LogP contribution in [0.3, 0.4) is 0 Å². The number of fused-ring (bicyclic) bond motifs is 1. The molecule has 0 aliphatic carbocycles. The number of ether oxygens (including phenoxy) is 2. The highest BCUT2D eigenvalue weighted by Crippen LogP contribution is 2.25. The Balaban J connectivity index is 1.84. The molecule has 132 valence electrons. The molecule has 0 saturated heterocycles. The Morgan fingerprint density at radius 3 is 2.50 bits per heavy atom. The molecule has 3 aromatic rings. The summed E-state index contributed by atoms with van der Waals surface area (Å²) in [6.45, 7) is 0.0595. The fourth-order valence-corrected chi connectivity index (χ4v) is 2.98. The van der Waals surface area contributed by atoms with Crippen LogP contribution in [0.25, 0.3) is 16.8 Å². The average molecular weight is 387 g/mol. The molecule has 0 unspecified atom stereocenters. The number of methoxy groups -OCH3 is 1. The van der Waals surface area contributed by atoms with Crippen molar-refractivity contribution >= 4 is 46.0 Å². The van der Waals surface area contributed by atoms with Gasteiger partial charge in [0.25, 0.3) is 0 Å². The third-order valence-corrected chi connectivity index (χ3v) is 4.42. The first-order valence-corrected chi connectivity index (χ1v) is 8.68. The van der Waals surface area contributed by atoms with Crippen molar-refractivity contribution < 1.29 is 14.3 Å². The normalized spacial score (nSPS) is 11.4. The van der Waals surface area contributed by atoms with E-state index >= 15 is 0 Å². The predicted octanol–water partition coefficient (Wildman–Crippen LogP) is 5.78. The Labute approximate surface area is 161 Å². The number of esters is 1.